The van der Waals surface area contributed by atoms with E-state index in [1.807, 2.05) is 12.1 Å². The lowest BCUT2D eigenvalue weighted by Gasteiger charge is -2.36. The molecule has 1 aliphatic rings. The first-order valence-electron chi connectivity index (χ1n) is 11.2. The fourth-order valence-electron chi connectivity index (χ4n) is 3.24. The van der Waals surface area contributed by atoms with Crippen molar-refractivity contribution in [3.05, 3.63) is 58.1 Å². The van der Waals surface area contributed by atoms with E-state index in [4.69, 9.17) is 23.2 Å². The first-order valence-corrected chi connectivity index (χ1v) is 12.0. The first-order chi connectivity index (χ1) is 16.1. The van der Waals surface area contributed by atoms with E-state index in [1.165, 1.54) is 6.92 Å². The van der Waals surface area contributed by atoms with Gasteiger partial charge in [0.1, 0.15) is 0 Å². The van der Waals surface area contributed by atoms with Gasteiger partial charge in [-0.25, -0.2) is 0 Å². The molecule has 1 aliphatic heterocycles. The molecule has 0 radical (unpaired) electrons. The zero-order valence-corrected chi connectivity index (χ0v) is 21.5. The van der Waals surface area contributed by atoms with Crippen molar-refractivity contribution in [2.45, 2.75) is 27.7 Å². The zero-order chi connectivity index (χ0) is 25.3. The fourth-order valence-corrected chi connectivity index (χ4v) is 3.53. The summed E-state index contributed by atoms with van der Waals surface area (Å²) in [6.07, 6.45) is 0. The van der Waals surface area contributed by atoms with Gasteiger partial charge in [0.05, 0.1) is 27.8 Å². The number of piperazine rings is 1. The smallest absolute Gasteiger partial charge is 0.253 e. The zero-order valence-electron chi connectivity index (χ0n) is 20.0. The monoisotopic (exact) mass is 506 g/mol. The first kappa shape index (κ1) is 27.5. The molecule has 2 aromatic rings. The summed E-state index contributed by atoms with van der Waals surface area (Å²) in [6.45, 7) is 10.1. The van der Waals surface area contributed by atoms with Crippen LogP contribution in [0.4, 0.5) is 11.4 Å². The lowest BCUT2D eigenvalue weighted by atomic mass is 10.1. The average Bonchev–Trinajstić information content (AvgIpc) is 2.79. The van der Waals surface area contributed by atoms with Crippen LogP contribution in [-0.2, 0) is 9.59 Å². The van der Waals surface area contributed by atoms with Crippen LogP contribution >= 0.6 is 23.2 Å². The molecule has 34 heavy (non-hydrogen) atoms. The van der Waals surface area contributed by atoms with Crippen molar-refractivity contribution in [2.24, 2.45) is 5.92 Å². The summed E-state index contributed by atoms with van der Waals surface area (Å²) in [4.78, 5) is 40.1. The van der Waals surface area contributed by atoms with Crippen LogP contribution in [0.3, 0.4) is 0 Å². The van der Waals surface area contributed by atoms with Crippen LogP contribution < -0.4 is 15.5 Å². The van der Waals surface area contributed by atoms with Gasteiger partial charge in [0.15, 0.2) is 0 Å². The highest BCUT2D eigenvalue weighted by molar-refractivity contribution is 6.42. The molecular formula is C25H32Cl2N4O3. The van der Waals surface area contributed by atoms with Gasteiger partial charge in [-0.1, -0.05) is 56.1 Å². The van der Waals surface area contributed by atoms with Crippen LogP contribution in [0.1, 0.15) is 38.1 Å². The largest absolute Gasteiger partial charge is 0.368 e. The van der Waals surface area contributed by atoms with E-state index in [9.17, 15) is 14.4 Å². The SMILES string of the molecule is CC(=O)Nc1ccccc1C(=O)NCC(=O)N1CCN(c2ccc(Cl)c(Cl)c2)CC1.CC(C)C. The second kappa shape index (κ2) is 13.2. The molecular weight excluding hydrogens is 475 g/mol. The molecule has 7 nitrogen and oxygen atoms in total. The Bertz CT molecular complexity index is 1000. The molecule has 3 amide bonds. The lowest BCUT2D eigenvalue weighted by Crippen LogP contribution is -2.51. The third-order valence-corrected chi connectivity index (χ3v) is 5.52. The van der Waals surface area contributed by atoms with Crippen molar-refractivity contribution in [1.82, 2.24) is 10.2 Å². The van der Waals surface area contributed by atoms with Crippen molar-refractivity contribution in [2.75, 3.05) is 42.9 Å². The molecule has 0 spiro atoms. The number of rotatable bonds is 5. The molecule has 0 aliphatic carbocycles. The molecule has 1 fully saturated rings. The van der Waals surface area contributed by atoms with Crippen molar-refractivity contribution < 1.29 is 14.4 Å². The molecule has 2 N–H and O–H groups in total. The van der Waals surface area contributed by atoms with Crippen molar-refractivity contribution in [1.29, 1.82) is 0 Å². The molecule has 2 aromatic carbocycles. The number of carbonyl (C=O) groups is 3. The summed E-state index contributed by atoms with van der Waals surface area (Å²) < 4.78 is 0. The average molecular weight is 507 g/mol. The lowest BCUT2D eigenvalue weighted by molar-refractivity contribution is -0.130. The minimum atomic E-state index is -0.415. The predicted molar refractivity (Wildman–Crippen MR) is 139 cm³/mol. The van der Waals surface area contributed by atoms with Gasteiger partial charge in [0.25, 0.3) is 5.91 Å². The molecule has 184 valence electrons. The molecule has 9 heteroatoms. The number of benzene rings is 2. The third kappa shape index (κ3) is 8.54. The van der Waals surface area contributed by atoms with Crippen molar-refractivity contribution >= 4 is 52.3 Å². The minimum absolute atomic E-state index is 0.111. The number of nitrogens with one attached hydrogen (secondary N) is 2. The Hall–Kier alpha value is -2.77. The van der Waals surface area contributed by atoms with Crippen LogP contribution in [0.2, 0.25) is 10.0 Å². The highest BCUT2D eigenvalue weighted by Crippen LogP contribution is 2.27. The highest BCUT2D eigenvalue weighted by atomic mass is 35.5. The van der Waals surface area contributed by atoms with Gasteiger partial charge in [0.2, 0.25) is 11.8 Å². The highest BCUT2D eigenvalue weighted by Gasteiger charge is 2.22. The van der Waals surface area contributed by atoms with Gasteiger partial charge in [-0.3, -0.25) is 14.4 Å². The van der Waals surface area contributed by atoms with Crippen molar-refractivity contribution in [3.8, 4) is 0 Å². The number of para-hydroxylation sites is 1. The maximum absolute atomic E-state index is 12.5. The Morgan fingerprint density at radius 1 is 0.941 bits per heavy atom. The maximum atomic E-state index is 12.5. The van der Waals surface area contributed by atoms with E-state index >= 15 is 0 Å². The Kier molecular flexibility index (Phi) is 10.7. The summed E-state index contributed by atoms with van der Waals surface area (Å²) in [7, 11) is 0. The predicted octanol–water partition coefficient (Wildman–Crippen LogP) is 4.69. The van der Waals surface area contributed by atoms with Crippen molar-refractivity contribution in [3.63, 3.8) is 0 Å². The number of carbonyl (C=O) groups excluding carboxylic acids is 3. The Morgan fingerprint density at radius 2 is 1.56 bits per heavy atom. The molecule has 1 saturated heterocycles. The summed E-state index contributed by atoms with van der Waals surface area (Å²) in [6, 6.07) is 12.1. The molecule has 0 atom stereocenters. The second-order valence-electron chi connectivity index (χ2n) is 8.61. The van der Waals surface area contributed by atoms with E-state index in [0.717, 1.165) is 11.6 Å². The van der Waals surface area contributed by atoms with Crippen LogP contribution in [0.25, 0.3) is 0 Å². The summed E-state index contributed by atoms with van der Waals surface area (Å²) in [5.74, 6) is -0.0116. The van der Waals surface area contributed by atoms with E-state index in [-0.39, 0.29) is 18.4 Å². The molecule has 0 saturated carbocycles. The van der Waals surface area contributed by atoms with Crippen LogP contribution in [0.15, 0.2) is 42.5 Å². The topological polar surface area (TPSA) is 81.8 Å². The van der Waals surface area contributed by atoms with E-state index < -0.39 is 5.91 Å². The van der Waals surface area contributed by atoms with Gasteiger partial charge in [-0.05, 0) is 36.2 Å². The Labute approximate surface area is 211 Å². The maximum Gasteiger partial charge on any atom is 0.253 e. The summed E-state index contributed by atoms with van der Waals surface area (Å²) in [5, 5.41) is 6.25. The fraction of sp³-hybridized carbons (Fsp3) is 0.400. The number of hydrogen-bond acceptors (Lipinski definition) is 4. The summed E-state index contributed by atoms with van der Waals surface area (Å²) in [5.41, 5.74) is 1.68. The third-order valence-electron chi connectivity index (χ3n) is 4.78. The Balaban J connectivity index is 0.000000945. The number of anilines is 2. The molecule has 1 heterocycles. The standard InChI is InChI=1S/C21H22Cl2N4O3.C4H10/c1-14(28)25-19-5-3-2-4-16(19)21(30)24-13-20(29)27-10-8-26(9-11-27)15-6-7-17(22)18(23)12-15;1-4(2)3/h2-7,12H,8-11,13H2,1H3,(H,24,30)(H,25,28);4H,1-3H3. The van der Waals surface area contributed by atoms with Gasteiger partial charge in [-0.15, -0.1) is 0 Å². The van der Waals surface area contributed by atoms with Gasteiger partial charge < -0.3 is 20.4 Å². The van der Waals surface area contributed by atoms with Crippen LogP contribution in [-0.4, -0.2) is 55.3 Å². The molecule has 3 rings (SSSR count). The van der Waals surface area contributed by atoms with Crippen LogP contribution in [0, 0.1) is 5.92 Å². The van der Waals surface area contributed by atoms with E-state index in [2.05, 4.69) is 36.3 Å². The second-order valence-corrected chi connectivity index (χ2v) is 9.42. The number of nitrogens with zero attached hydrogens (tertiary/aromatic N) is 2. The normalized spacial score (nSPS) is 13.1. The number of amides is 3. The minimum Gasteiger partial charge on any atom is -0.368 e. The molecule has 0 bridgehead atoms. The summed E-state index contributed by atoms with van der Waals surface area (Å²) >= 11 is 12.1. The Morgan fingerprint density at radius 3 is 2.15 bits per heavy atom. The molecule has 0 unspecified atom stereocenters. The van der Waals surface area contributed by atoms with Gasteiger partial charge in [-0.2, -0.15) is 0 Å². The quantitative estimate of drug-likeness (QED) is 0.615. The van der Waals surface area contributed by atoms with Crippen LogP contribution in [0.5, 0.6) is 0 Å². The van der Waals surface area contributed by atoms with Gasteiger partial charge >= 0.3 is 0 Å². The van der Waals surface area contributed by atoms with E-state index in [0.29, 0.717) is 47.5 Å². The molecule has 0 aromatic heterocycles. The number of hydrogen-bond donors (Lipinski definition) is 2. The van der Waals surface area contributed by atoms with E-state index in [1.54, 1.807) is 35.2 Å². The van der Waals surface area contributed by atoms with Gasteiger partial charge in [0, 0.05) is 38.8 Å². The number of halogens is 2.